The third kappa shape index (κ3) is 22.5. The number of carbonyl (C=O) groups is 2. The fraction of sp³-hybridized carbons (Fsp3) is 0.971. The number of rotatable bonds is 33. The Balaban J connectivity index is 0.961. The molecule has 0 aromatic heterocycles. The van der Waals surface area contributed by atoms with Gasteiger partial charge in [0.2, 0.25) is 11.8 Å². The normalized spacial score (nSPS) is 51.7. The number of aliphatic hydroxyl groups excluding tert-OH is 33. The average Bonchev–Trinajstić information content (AvgIpc) is 0.758. The van der Waals surface area contributed by atoms with E-state index >= 15 is 0 Å². The van der Waals surface area contributed by atoms with E-state index in [0.717, 1.165) is 13.8 Å². The number of amides is 2. The Morgan fingerprint density at radius 2 is 0.430 bits per heavy atom. The second kappa shape index (κ2) is 45.8. The van der Waals surface area contributed by atoms with Crippen LogP contribution in [0.1, 0.15) is 13.8 Å². The molecule has 128 heavy (non-hydrogen) atoms. The molecule has 0 aromatic rings. The quantitative estimate of drug-likeness (QED) is 0.0290. The van der Waals surface area contributed by atoms with E-state index in [1.807, 2.05) is 0 Å². The first-order valence-corrected chi connectivity index (χ1v) is 40.7. The van der Waals surface area contributed by atoms with Gasteiger partial charge in [-0.3, -0.25) is 9.59 Å². The predicted octanol–water partition coefficient (Wildman–Crippen LogP) is -24.7. The summed E-state index contributed by atoms with van der Waals surface area (Å²) in [4.78, 5) is 25.4. The highest BCUT2D eigenvalue weighted by atomic mass is 16.8. The van der Waals surface area contributed by atoms with Gasteiger partial charge in [0.05, 0.1) is 72.7 Å². The van der Waals surface area contributed by atoms with Crippen molar-refractivity contribution in [1.29, 1.82) is 0 Å². The lowest BCUT2D eigenvalue weighted by molar-refractivity contribution is -0.408. The molecule has 58 heteroatoms. The van der Waals surface area contributed by atoms with Crippen LogP contribution in [0.15, 0.2) is 0 Å². The van der Waals surface area contributed by atoms with E-state index in [4.69, 9.17) is 99.5 Å². The van der Waals surface area contributed by atoms with Gasteiger partial charge in [-0.2, -0.15) is 0 Å². The Hall–Kier alpha value is -3.22. The first-order chi connectivity index (χ1) is 60.7. The molecule has 11 saturated heterocycles. The van der Waals surface area contributed by atoms with E-state index in [-0.39, 0.29) is 0 Å². The van der Waals surface area contributed by atoms with Crippen LogP contribution < -0.4 is 10.6 Å². The van der Waals surface area contributed by atoms with Crippen molar-refractivity contribution >= 4 is 11.8 Å². The molecule has 0 spiro atoms. The van der Waals surface area contributed by atoms with Crippen molar-refractivity contribution in [2.24, 2.45) is 0 Å². The zero-order valence-corrected chi connectivity index (χ0v) is 67.7. The van der Waals surface area contributed by atoms with Crippen LogP contribution in [0.5, 0.6) is 0 Å². The van der Waals surface area contributed by atoms with Crippen molar-refractivity contribution in [3.63, 3.8) is 0 Å². The molecular weight excluding hydrogens is 1760 g/mol. The molecule has 35 N–H and O–H groups in total. The molecule has 0 aromatic carbocycles. The minimum atomic E-state index is -2.69. The molecular formula is C70H118N2O56. The molecule has 11 aliphatic heterocycles. The van der Waals surface area contributed by atoms with E-state index in [2.05, 4.69) is 10.6 Å². The van der Waals surface area contributed by atoms with Crippen LogP contribution in [0.25, 0.3) is 0 Å². The zero-order valence-electron chi connectivity index (χ0n) is 67.7. The Morgan fingerprint density at radius 1 is 0.203 bits per heavy atom. The van der Waals surface area contributed by atoms with Crippen LogP contribution in [-0.4, -0.2) is 591 Å². The van der Waals surface area contributed by atoms with Crippen LogP contribution in [0.2, 0.25) is 0 Å². The van der Waals surface area contributed by atoms with Crippen molar-refractivity contribution in [1.82, 2.24) is 10.6 Å². The molecule has 744 valence electrons. The first-order valence-electron chi connectivity index (χ1n) is 40.7. The van der Waals surface area contributed by atoms with Crippen molar-refractivity contribution in [3.8, 4) is 0 Å². The highest BCUT2D eigenvalue weighted by Gasteiger charge is 2.62. The van der Waals surface area contributed by atoms with Gasteiger partial charge in [-0.1, -0.05) is 0 Å². The summed E-state index contributed by atoms with van der Waals surface area (Å²) in [6.45, 7) is -10.9. The monoisotopic (exact) mass is 1880 g/mol. The number of nitrogens with one attached hydrogen (secondary N) is 2. The van der Waals surface area contributed by atoms with Crippen molar-refractivity contribution in [2.45, 2.75) is 351 Å². The molecule has 11 rings (SSSR count). The number of ether oxygens (including phenoxy) is 21. The molecule has 0 saturated carbocycles. The maximum absolute atomic E-state index is 13.1. The molecule has 0 radical (unpaired) electrons. The molecule has 55 atom stereocenters. The maximum Gasteiger partial charge on any atom is 0.217 e. The fourth-order valence-corrected chi connectivity index (χ4v) is 16.5. The average molecular weight is 1880 g/mol. The van der Waals surface area contributed by atoms with E-state index in [0.29, 0.717) is 0 Å². The molecule has 0 bridgehead atoms. The van der Waals surface area contributed by atoms with E-state index < -0.39 is 422 Å². The van der Waals surface area contributed by atoms with E-state index in [1.54, 1.807) is 0 Å². The third-order valence-corrected chi connectivity index (χ3v) is 23.8. The SMILES string of the molecule is CC(=O)N[C@@H]1[C@@H](O)[C@H](O[C@H]2O[C@H](CO)[C@@H](O[C@@H]3O[C@H](CO[C@H]4O[C@H](CO[C@H]5O[C@H](CO)[C@@H](O)[C@H](O)[C@@H]5O[C@H]5O[C@H](CO)[C@@H](O)[C@H](O)[C@@H]5O)[C@@H](O)[C@H](O[C@H]5O[C@H](CO)[C@@H](O)[C@H](O)[C@@H]5O[C@H]5O[C@H](CO)[C@@H](O)[C@H](O)[C@@H]5O)[C@@H]4O)[C@@H](O)[C@H](O[C@H]4O[C@H](CO)[C@@H](O)[C@H](O)[C@@H]4O[C@H]4O[C@H](CO)[C@@H](O)[C@H](O)[C@@H]4O[C@H]4O[C@H](CO)[C@@H](O)[C@H](O)[C@@H]4O)[C@@H]3O)[C@H](O)[C@H]2NC(C)=O)[C@@H](CO)O[C@@H]1O. The largest absolute Gasteiger partial charge is 0.394 e. The maximum atomic E-state index is 13.1. The molecule has 11 aliphatic rings. The highest BCUT2D eigenvalue weighted by Crippen LogP contribution is 2.42. The second-order valence-electron chi connectivity index (χ2n) is 32.3. The molecule has 0 unspecified atom stereocenters. The summed E-state index contributed by atoms with van der Waals surface area (Å²) >= 11 is 0. The zero-order chi connectivity index (χ0) is 94.0. The minimum Gasteiger partial charge on any atom is -0.394 e. The fourth-order valence-electron chi connectivity index (χ4n) is 16.5. The summed E-state index contributed by atoms with van der Waals surface area (Å²) in [6.07, 6.45) is -117. The Labute approximate surface area is 722 Å². The van der Waals surface area contributed by atoms with Gasteiger partial charge in [-0.15, -0.1) is 0 Å². The van der Waals surface area contributed by atoms with Crippen molar-refractivity contribution in [3.05, 3.63) is 0 Å². The van der Waals surface area contributed by atoms with Crippen molar-refractivity contribution < 1.29 is 278 Å². The smallest absolute Gasteiger partial charge is 0.217 e. The lowest BCUT2D eigenvalue weighted by Gasteiger charge is -2.51. The van der Waals surface area contributed by atoms with Gasteiger partial charge in [0.15, 0.2) is 69.2 Å². The van der Waals surface area contributed by atoms with Crippen LogP contribution in [0.3, 0.4) is 0 Å². The van der Waals surface area contributed by atoms with Gasteiger partial charge >= 0.3 is 0 Å². The minimum absolute atomic E-state index is 0.824. The molecule has 2 amide bonds. The summed E-state index contributed by atoms with van der Waals surface area (Å²) in [5.41, 5.74) is 0. The number of aliphatic hydroxyl groups is 33. The molecule has 0 aliphatic carbocycles. The van der Waals surface area contributed by atoms with Crippen molar-refractivity contribution in [2.75, 3.05) is 72.7 Å². The Bertz CT molecular complexity index is 3380. The first kappa shape index (κ1) is 105. The standard InChI is InChI=1S/C70H118N2O56/c1-14(82)71-27-38(93)52(23(10-80)110-60(27)107)121-61-28(72-15(2)83)39(94)53(24(11-81)118-61)122-66-51(106)55(124-69-59(46(101)35(90)21(8-78)116-69)128-70-58(45(100)34(89)22(9-79)117-70)127-65-49(104)42(97)31(86)18(5-75)113-65)37(92)26(120-66)12-108-62-50(105)54(123-68-57(44(99)33(88)20(7-77)115-68)126-64-48(103)41(96)30(85)17(4-74)112-64)36(91)25(119-62)13-109-67-56(43(98)32(87)19(6-76)114-67)125-63-47(102)40(95)29(84)16(3-73)111-63/h16-70,73-81,84-107H,3-13H2,1-2H3,(H,71,82)(H,72,83)/t16-,17-,18-,19-,20-,21-,22-,23-,24-,25-,26-,27-,28-,29-,30-,31-,32-,33-,34-,35-,36-,37-,38-,39-,40+,41+,42+,43+,44+,45+,46+,47+,48+,49+,50+,51+,52-,53-,54+,55+,56+,57+,58+,59+,60+,61-,62+,63-,64-,65-,66+,67+,68-,69-,70-/m1/s1. The van der Waals surface area contributed by atoms with Crippen LogP contribution in [0.4, 0.5) is 0 Å². The lowest BCUT2D eigenvalue weighted by Crippen LogP contribution is -2.70. The van der Waals surface area contributed by atoms with Gasteiger partial charge in [0, 0.05) is 13.8 Å². The number of hydrogen-bond donors (Lipinski definition) is 35. The van der Waals surface area contributed by atoms with Crippen LogP contribution in [-0.2, 0) is 109 Å². The topological polar surface area (TPSA) is 920 Å². The van der Waals surface area contributed by atoms with Gasteiger partial charge in [0.1, 0.15) is 268 Å². The predicted molar refractivity (Wildman–Crippen MR) is 386 cm³/mol. The van der Waals surface area contributed by atoms with Crippen LogP contribution >= 0.6 is 0 Å². The second-order valence-corrected chi connectivity index (χ2v) is 32.3. The number of carbonyl (C=O) groups excluding carboxylic acids is 2. The Kier molecular flexibility index (Phi) is 37.7. The van der Waals surface area contributed by atoms with Gasteiger partial charge in [-0.05, 0) is 0 Å². The highest BCUT2D eigenvalue weighted by molar-refractivity contribution is 5.73. The third-order valence-electron chi connectivity index (χ3n) is 23.8. The molecule has 11 fully saturated rings. The number of hydrogen-bond acceptors (Lipinski definition) is 56. The summed E-state index contributed by atoms with van der Waals surface area (Å²) < 4.78 is 124. The summed E-state index contributed by atoms with van der Waals surface area (Å²) in [7, 11) is 0. The molecule has 58 nitrogen and oxygen atoms in total. The van der Waals surface area contributed by atoms with Gasteiger partial charge in [0.25, 0.3) is 0 Å². The lowest BCUT2D eigenvalue weighted by atomic mass is 9.94. The summed E-state index contributed by atoms with van der Waals surface area (Å²) in [6, 6.07) is -3.71. The summed E-state index contributed by atoms with van der Waals surface area (Å²) in [5, 5.41) is 372. The van der Waals surface area contributed by atoms with Gasteiger partial charge < -0.3 is 279 Å². The van der Waals surface area contributed by atoms with E-state index in [9.17, 15) is 178 Å². The van der Waals surface area contributed by atoms with E-state index in [1.165, 1.54) is 0 Å². The van der Waals surface area contributed by atoms with Crippen LogP contribution in [0, 0.1) is 0 Å². The van der Waals surface area contributed by atoms with Gasteiger partial charge in [-0.25, -0.2) is 0 Å². The molecule has 11 heterocycles. The Morgan fingerprint density at radius 3 is 0.773 bits per heavy atom. The summed E-state index contributed by atoms with van der Waals surface area (Å²) in [5.74, 6) is -1.82.